The lowest BCUT2D eigenvalue weighted by Crippen LogP contribution is -1.91. The summed E-state index contributed by atoms with van der Waals surface area (Å²) in [6.45, 7) is 0. The highest BCUT2D eigenvalue weighted by Crippen LogP contribution is 2.45. The van der Waals surface area contributed by atoms with E-state index in [4.69, 9.17) is 16.8 Å². The highest BCUT2D eigenvalue weighted by Gasteiger charge is 2.18. The molecule has 1 aromatic heterocycles. The fraction of sp³-hybridized carbons (Fsp3) is 0. The molecule has 1 heterocycles. The van der Waals surface area contributed by atoms with Gasteiger partial charge in [0.05, 0.1) is 17.8 Å². The molecule has 0 spiro atoms. The van der Waals surface area contributed by atoms with Gasteiger partial charge in [0.1, 0.15) is 11.2 Å². The topological polar surface area (TPSA) is 13.1 Å². The predicted octanol–water partition coefficient (Wildman–Crippen LogP) is 13.2. The van der Waals surface area contributed by atoms with E-state index in [9.17, 15) is 5.48 Å². The monoisotopic (exact) mass is 609 g/mol. The van der Waals surface area contributed by atoms with Crippen molar-refractivity contribution in [2.24, 2.45) is 0 Å². The molecule has 218 valence electrons. The van der Waals surface area contributed by atoms with Crippen LogP contribution in [0.15, 0.2) is 174 Å². The van der Waals surface area contributed by atoms with Crippen LogP contribution in [0.1, 0.15) is 17.8 Å². The van der Waals surface area contributed by atoms with Crippen molar-refractivity contribution in [3.8, 4) is 33.4 Å². The van der Waals surface area contributed by atoms with Crippen LogP contribution in [-0.4, -0.2) is 0 Å². The maximum Gasteiger partial charge on any atom is 0.136 e. The van der Waals surface area contributed by atoms with Crippen LogP contribution in [0.3, 0.4) is 0 Å². The molecule has 1 heteroatoms. The van der Waals surface area contributed by atoms with Crippen molar-refractivity contribution in [2.45, 2.75) is 0 Å². The second-order valence-corrected chi connectivity index (χ2v) is 11.5. The SMILES string of the molecule is [2H]c1c([2H])c([2H])c(-c2c3c([2H])c([2H])c([2H])c([2H])c3c(-c3cccc4ccc(-c5ccc6cc7oc8ccccc8c7cc6c5)cc34)c3c([2H])c([2H])c([2H])c([2H])c23)c([2H])c1[2H]. The van der Waals surface area contributed by atoms with Gasteiger partial charge < -0.3 is 4.42 Å². The molecular formula is C46H28O. The van der Waals surface area contributed by atoms with Crippen LogP contribution in [0, 0.1) is 0 Å². The van der Waals surface area contributed by atoms with Gasteiger partial charge in [-0.2, -0.15) is 0 Å². The molecule has 1 nitrogen and oxygen atoms in total. The van der Waals surface area contributed by atoms with Crippen LogP contribution < -0.4 is 0 Å². The molecule has 0 aliphatic heterocycles. The Balaban J connectivity index is 1.34. The van der Waals surface area contributed by atoms with Crippen molar-refractivity contribution in [3.05, 3.63) is 170 Å². The standard InChI is InChI=1S/C46H28O/c1-2-11-30(12-3-1)45-36-15-4-6-17-38(36)46(39-18-7-5-16-37(39)45)40-19-10-13-29-21-22-32(26-41(29)40)31-23-24-33-28-44-42(27-34(33)25-31)35-14-8-9-20-43(35)47-44/h1-28H/i1D,2D,3D,4D,5D,6D,7D,11D,12D,15D,16D,17D,18D. The summed E-state index contributed by atoms with van der Waals surface area (Å²) < 4.78 is 122. The van der Waals surface area contributed by atoms with Gasteiger partial charge in [-0.1, -0.05) is 139 Å². The summed E-state index contributed by atoms with van der Waals surface area (Å²) in [5, 5.41) is 4.56. The van der Waals surface area contributed by atoms with Crippen molar-refractivity contribution in [1.82, 2.24) is 0 Å². The molecule has 10 rings (SSSR count). The zero-order chi connectivity index (χ0) is 42.2. The van der Waals surface area contributed by atoms with E-state index >= 15 is 0 Å². The Hall–Kier alpha value is -6.18. The van der Waals surface area contributed by atoms with E-state index in [0.29, 0.717) is 10.9 Å². The van der Waals surface area contributed by atoms with E-state index in [2.05, 4.69) is 12.1 Å². The van der Waals surface area contributed by atoms with Crippen molar-refractivity contribution >= 4 is 65.0 Å². The van der Waals surface area contributed by atoms with E-state index in [1.807, 2.05) is 66.7 Å². The maximum absolute atomic E-state index is 9.37. The molecule has 0 aliphatic rings. The molecule has 0 saturated carbocycles. The van der Waals surface area contributed by atoms with Crippen LogP contribution in [0.5, 0.6) is 0 Å². The number of furan rings is 1. The minimum atomic E-state index is -0.712. The van der Waals surface area contributed by atoms with Gasteiger partial charge in [-0.3, -0.25) is 0 Å². The first-order chi connectivity index (χ1) is 28.7. The molecule has 0 atom stereocenters. The number of hydrogen-bond donors (Lipinski definition) is 0. The Kier molecular flexibility index (Phi) is 3.55. The maximum atomic E-state index is 9.37. The quantitative estimate of drug-likeness (QED) is 0.182. The number of fused-ring (bicyclic) bond motifs is 7. The van der Waals surface area contributed by atoms with Crippen LogP contribution in [0.2, 0.25) is 0 Å². The molecule has 9 aromatic carbocycles. The summed E-state index contributed by atoms with van der Waals surface area (Å²) in [7, 11) is 0. The smallest absolute Gasteiger partial charge is 0.136 e. The minimum absolute atomic E-state index is 0.0885. The minimum Gasteiger partial charge on any atom is -0.456 e. The molecule has 0 radical (unpaired) electrons. The lowest BCUT2D eigenvalue weighted by atomic mass is 9.84. The fourth-order valence-corrected chi connectivity index (χ4v) is 6.84. The van der Waals surface area contributed by atoms with Gasteiger partial charge >= 0.3 is 0 Å². The number of rotatable bonds is 3. The highest BCUT2D eigenvalue weighted by atomic mass is 16.3. The summed E-state index contributed by atoms with van der Waals surface area (Å²) in [6.07, 6.45) is 0. The molecule has 0 amide bonds. The molecular weight excluding hydrogens is 569 g/mol. The second-order valence-electron chi connectivity index (χ2n) is 11.5. The predicted molar refractivity (Wildman–Crippen MR) is 200 cm³/mol. The van der Waals surface area contributed by atoms with E-state index in [0.717, 1.165) is 49.2 Å². The van der Waals surface area contributed by atoms with Gasteiger partial charge in [0.25, 0.3) is 0 Å². The molecule has 10 aromatic rings. The van der Waals surface area contributed by atoms with Gasteiger partial charge in [-0.25, -0.2) is 0 Å². The summed E-state index contributed by atoms with van der Waals surface area (Å²) >= 11 is 0. The van der Waals surface area contributed by atoms with E-state index < -0.39 is 84.1 Å². The van der Waals surface area contributed by atoms with Crippen LogP contribution in [-0.2, 0) is 0 Å². The lowest BCUT2D eigenvalue weighted by Gasteiger charge is -2.19. The Morgan fingerprint density at radius 2 is 1.02 bits per heavy atom. The van der Waals surface area contributed by atoms with Crippen LogP contribution in [0.25, 0.3) is 98.4 Å². The average molecular weight is 610 g/mol. The number of hydrogen-bond acceptors (Lipinski definition) is 1. The summed E-state index contributed by atoms with van der Waals surface area (Å²) in [4.78, 5) is 0. The van der Waals surface area contributed by atoms with Crippen LogP contribution >= 0.6 is 0 Å². The van der Waals surface area contributed by atoms with Gasteiger partial charge in [0.15, 0.2) is 0 Å². The largest absolute Gasteiger partial charge is 0.456 e. The third-order valence-electron chi connectivity index (χ3n) is 8.95. The van der Waals surface area contributed by atoms with E-state index in [-0.39, 0.29) is 32.7 Å². The molecule has 0 fully saturated rings. The second kappa shape index (κ2) is 10.2. The first-order valence-corrected chi connectivity index (χ1v) is 15.1. The average Bonchev–Trinajstić information content (AvgIpc) is 3.62. The molecule has 0 unspecified atom stereocenters. The first kappa shape index (κ1) is 16.4. The Bertz CT molecular complexity index is 3480. The molecule has 0 aliphatic carbocycles. The van der Waals surface area contributed by atoms with Gasteiger partial charge in [-0.15, -0.1) is 0 Å². The zero-order valence-electron chi connectivity index (χ0n) is 37.6. The molecule has 47 heavy (non-hydrogen) atoms. The van der Waals surface area contributed by atoms with E-state index in [1.165, 1.54) is 0 Å². The van der Waals surface area contributed by atoms with E-state index in [1.54, 1.807) is 12.1 Å². The number of para-hydroxylation sites is 1. The third kappa shape index (κ3) is 4.03. The summed E-state index contributed by atoms with van der Waals surface area (Å²) in [5.41, 5.74) is 2.99. The molecule has 0 bridgehead atoms. The highest BCUT2D eigenvalue weighted by molar-refractivity contribution is 6.23. The molecule has 0 N–H and O–H groups in total. The van der Waals surface area contributed by atoms with Crippen LogP contribution in [0.4, 0.5) is 0 Å². The van der Waals surface area contributed by atoms with Gasteiger partial charge in [0.2, 0.25) is 0 Å². The van der Waals surface area contributed by atoms with Crippen molar-refractivity contribution in [2.75, 3.05) is 0 Å². The Morgan fingerprint density at radius 1 is 0.362 bits per heavy atom. The molecule has 0 saturated heterocycles. The van der Waals surface area contributed by atoms with Crippen molar-refractivity contribution in [1.29, 1.82) is 0 Å². The Labute approximate surface area is 290 Å². The van der Waals surface area contributed by atoms with Gasteiger partial charge in [0, 0.05) is 10.8 Å². The lowest BCUT2D eigenvalue weighted by molar-refractivity contribution is 0.669. The van der Waals surface area contributed by atoms with Gasteiger partial charge in [-0.05, 0) is 107 Å². The Morgan fingerprint density at radius 3 is 1.79 bits per heavy atom. The first-order valence-electron chi connectivity index (χ1n) is 21.6. The summed E-state index contributed by atoms with van der Waals surface area (Å²) in [5.74, 6) is 0. The van der Waals surface area contributed by atoms with Crippen molar-refractivity contribution < 1.29 is 22.2 Å². The zero-order valence-corrected chi connectivity index (χ0v) is 24.6. The summed E-state index contributed by atoms with van der Waals surface area (Å²) in [6, 6.07) is 20.9. The van der Waals surface area contributed by atoms with Crippen molar-refractivity contribution in [3.63, 3.8) is 0 Å². The normalized spacial score (nSPS) is 15.7. The number of benzene rings is 9. The third-order valence-corrected chi connectivity index (χ3v) is 8.95. The fourth-order valence-electron chi connectivity index (χ4n) is 6.84.